The lowest BCUT2D eigenvalue weighted by Crippen LogP contribution is -2.20. The number of nitrogens with two attached hydrogens (primary N) is 1. The van der Waals surface area contributed by atoms with E-state index in [0.717, 1.165) is 18.7 Å². The fourth-order valence-corrected chi connectivity index (χ4v) is 2.37. The van der Waals surface area contributed by atoms with E-state index in [9.17, 15) is 0 Å². The first-order valence-electron chi connectivity index (χ1n) is 5.68. The highest BCUT2D eigenvalue weighted by atomic mass is 32.1. The van der Waals surface area contributed by atoms with Gasteiger partial charge in [-0.25, -0.2) is 0 Å². The fourth-order valence-electron chi connectivity index (χ4n) is 1.68. The summed E-state index contributed by atoms with van der Waals surface area (Å²) < 4.78 is 0. The average molecular weight is 247 g/mol. The Balaban J connectivity index is 1.96. The molecule has 2 rings (SSSR count). The van der Waals surface area contributed by atoms with E-state index in [2.05, 4.69) is 40.5 Å². The highest BCUT2D eigenvalue weighted by Gasteiger charge is 2.03. The Labute approximate surface area is 106 Å². The molecule has 2 heterocycles. The van der Waals surface area contributed by atoms with E-state index in [1.54, 1.807) is 0 Å². The van der Waals surface area contributed by atoms with Crippen molar-refractivity contribution in [1.82, 2.24) is 4.98 Å². The van der Waals surface area contributed by atoms with E-state index in [4.69, 9.17) is 5.73 Å². The number of pyridine rings is 1. The quantitative estimate of drug-likeness (QED) is 0.881. The zero-order chi connectivity index (χ0) is 12.1. The van der Waals surface area contributed by atoms with Gasteiger partial charge >= 0.3 is 0 Å². The van der Waals surface area contributed by atoms with E-state index in [1.165, 1.54) is 10.6 Å². The Morgan fingerprint density at radius 1 is 1.41 bits per heavy atom. The van der Waals surface area contributed by atoms with Crippen LogP contribution < -0.4 is 10.6 Å². The molecule has 0 aliphatic carbocycles. The maximum atomic E-state index is 5.59. The summed E-state index contributed by atoms with van der Waals surface area (Å²) in [5, 5.41) is 2.12. The topological polar surface area (TPSA) is 42.2 Å². The number of anilines is 1. The van der Waals surface area contributed by atoms with Crippen LogP contribution in [0.25, 0.3) is 0 Å². The molecule has 0 unspecified atom stereocenters. The van der Waals surface area contributed by atoms with Gasteiger partial charge in [0.2, 0.25) is 0 Å². The predicted octanol–water partition coefficient (Wildman–Crippen LogP) is 2.28. The Morgan fingerprint density at radius 2 is 2.29 bits per heavy atom. The molecule has 4 heteroatoms. The molecule has 0 fully saturated rings. The van der Waals surface area contributed by atoms with Crippen LogP contribution in [-0.4, -0.2) is 18.6 Å². The second-order valence-electron chi connectivity index (χ2n) is 3.96. The molecule has 90 valence electrons. The third-order valence-corrected chi connectivity index (χ3v) is 3.66. The van der Waals surface area contributed by atoms with Crippen molar-refractivity contribution in [3.05, 3.63) is 46.4 Å². The second-order valence-corrected chi connectivity index (χ2v) is 4.99. The number of thiophene rings is 1. The third-order valence-electron chi connectivity index (χ3n) is 2.72. The molecule has 0 radical (unpaired) electrons. The number of aromatic nitrogens is 1. The Hall–Kier alpha value is -1.39. The number of nitrogens with zero attached hydrogens (tertiary/aromatic N) is 2. The molecular weight excluding hydrogens is 230 g/mol. The first kappa shape index (κ1) is 12.1. The van der Waals surface area contributed by atoms with Crippen LogP contribution in [0.1, 0.15) is 10.6 Å². The lowest BCUT2D eigenvalue weighted by atomic mass is 10.2. The van der Waals surface area contributed by atoms with Gasteiger partial charge in [0.1, 0.15) is 0 Å². The smallest absolute Gasteiger partial charge is 0.0560 e. The van der Waals surface area contributed by atoms with Gasteiger partial charge in [0.05, 0.1) is 5.69 Å². The van der Waals surface area contributed by atoms with E-state index in [0.29, 0.717) is 6.54 Å². The average Bonchev–Trinajstić information content (AvgIpc) is 2.89. The van der Waals surface area contributed by atoms with Crippen LogP contribution in [0.15, 0.2) is 35.8 Å². The van der Waals surface area contributed by atoms with Crippen molar-refractivity contribution in [2.45, 2.75) is 13.0 Å². The summed E-state index contributed by atoms with van der Waals surface area (Å²) >= 11 is 1.81. The van der Waals surface area contributed by atoms with Crippen LogP contribution in [0.2, 0.25) is 0 Å². The van der Waals surface area contributed by atoms with Crippen LogP contribution in [-0.2, 0) is 13.0 Å². The van der Waals surface area contributed by atoms with Gasteiger partial charge in [-0.2, -0.15) is 0 Å². The molecule has 0 spiro atoms. The van der Waals surface area contributed by atoms with Crippen molar-refractivity contribution in [3.63, 3.8) is 0 Å². The molecule has 0 amide bonds. The normalized spacial score (nSPS) is 10.5. The van der Waals surface area contributed by atoms with Gasteiger partial charge in [-0.05, 0) is 30.0 Å². The van der Waals surface area contributed by atoms with Gasteiger partial charge in [-0.1, -0.05) is 6.07 Å². The van der Waals surface area contributed by atoms with E-state index >= 15 is 0 Å². The van der Waals surface area contributed by atoms with Gasteiger partial charge < -0.3 is 10.6 Å². The van der Waals surface area contributed by atoms with Crippen molar-refractivity contribution in [2.75, 3.05) is 18.5 Å². The predicted molar refractivity (Wildman–Crippen MR) is 73.4 cm³/mol. The molecule has 2 N–H and O–H groups in total. The van der Waals surface area contributed by atoms with Gasteiger partial charge in [-0.3, -0.25) is 4.98 Å². The molecule has 0 atom stereocenters. The SMILES string of the molecule is CN(CCc1cccs1)c1ccnc(CN)c1. The lowest BCUT2D eigenvalue weighted by molar-refractivity contribution is 0.880. The molecule has 3 nitrogen and oxygen atoms in total. The molecule has 0 aliphatic heterocycles. The van der Waals surface area contributed by atoms with E-state index in [-0.39, 0.29) is 0 Å². The van der Waals surface area contributed by atoms with Crippen LogP contribution in [0.5, 0.6) is 0 Å². The third kappa shape index (κ3) is 3.28. The molecule has 0 bridgehead atoms. The van der Waals surface area contributed by atoms with Gasteiger partial charge in [0.25, 0.3) is 0 Å². The van der Waals surface area contributed by atoms with Crippen LogP contribution in [0.4, 0.5) is 5.69 Å². The summed E-state index contributed by atoms with van der Waals surface area (Å²) in [6.45, 7) is 1.50. The lowest BCUT2D eigenvalue weighted by Gasteiger charge is -2.19. The summed E-state index contributed by atoms with van der Waals surface area (Å²) in [6, 6.07) is 8.34. The highest BCUT2D eigenvalue weighted by molar-refractivity contribution is 7.09. The zero-order valence-corrected chi connectivity index (χ0v) is 10.8. The first-order valence-corrected chi connectivity index (χ1v) is 6.56. The molecule has 0 aromatic carbocycles. The largest absolute Gasteiger partial charge is 0.374 e. The summed E-state index contributed by atoms with van der Waals surface area (Å²) in [7, 11) is 2.10. The highest BCUT2D eigenvalue weighted by Crippen LogP contribution is 2.15. The van der Waals surface area contributed by atoms with Crippen molar-refractivity contribution in [3.8, 4) is 0 Å². The van der Waals surface area contributed by atoms with E-state index in [1.807, 2.05) is 23.6 Å². The zero-order valence-electron chi connectivity index (χ0n) is 9.97. The van der Waals surface area contributed by atoms with Crippen LogP contribution in [0, 0.1) is 0 Å². The summed E-state index contributed by atoms with van der Waals surface area (Å²) in [4.78, 5) is 7.86. The van der Waals surface area contributed by atoms with Crippen molar-refractivity contribution in [1.29, 1.82) is 0 Å². The minimum atomic E-state index is 0.493. The summed E-state index contributed by atoms with van der Waals surface area (Å²) in [5.74, 6) is 0. The minimum Gasteiger partial charge on any atom is -0.374 e. The first-order chi connectivity index (χ1) is 8.29. The van der Waals surface area contributed by atoms with Crippen LogP contribution in [0.3, 0.4) is 0 Å². The Morgan fingerprint density at radius 3 is 3.00 bits per heavy atom. The fraction of sp³-hybridized carbons (Fsp3) is 0.308. The van der Waals surface area contributed by atoms with Crippen molar-refractivity contribution >= 4 is 17.0 Å². The van der Waals surface area contributed by atoms with Gasteiger partial charge in [-0.15, -0.1) is 11.3 Å². The molecule has 2 aromatic heterocycles. The standard InChI is InChI=1S/C13H17N3S/c1-16(7-5-13-3-2-8-17-13)12-4-6-15-11(9-12)10-14/h2-4,6,8-9H,5,7,10,14H2,1H3. The summed E-state index contributed by atoms with van der Waals surface area (Å²) in [6.07, 6.45) is 2.90. The van der Waals surface area contributed by atoms with Crippen molar-refractivity contribution < 1.29 is 0 Å². The maximum Gasteiger partial charge on any atom is 0.0560 e. The van der Waals surface area contributed by atoms with Gasteiger partial charge in [0.15, 0.2) is 0 Å². The Bertz CT molecular complexity index is 453. The molecular formula is C13H17N3S. The summed E-state index contributed by atoms with van der Waals surface area (Å²) in [5.41, 5.74) is 7.70. The molecule has 2 aromatic rings. The minimum absolute atomic E-state index is 0.493. The number of hydrogen-bond acceptors (Lipinski definition) is 4. The molecule has 17 heavy (non-hydrogen) atoms. The number of rotatable bonds is 5. The maximum absolute atomic E-state index is 5.59. The Kier molecular flexibility index (Phi) is 4.12. The monoisotopic (exact) mass is 247 g/mol. The second kappa shape index (κ2) is 5.80. The molecule has 0 saturated heterocycles. The van der Waals surface area contributed by atoms with Gasteiger partial charge in [0, 0.05) is 36.9 Å². The number of likely N-dealkylation sites (N-methyl/N-ethyl adjacent to an activating group) is 1. The molecule has 0 aliphatic rings. The molecule has 0 saturated carbocycles. The van der Waals surface area contributed by atoms with E-state index < -0.39 is 0 Å². The van der Waals surface area contributed by atoms with Crippen LogP contribution >= 0.6 is 11.3 Å². The van der Waals surface area contributed by atoms with Crippen molar-refractivity contribution in [2.24, 2.45) is 5.73 Å². The number of hydrogen-bond donors (Lipinski definition) is 1.